The van der Waals surface area contributed by atoms with Crippen LogP contribution >= 0.6 is 0 Å². The lowest BCUT2D eigenvalue weighted by atomic mass is 10.1. The van der Waals surface area contributed by atoms with Crippen molar-refractivity contribution in [3.05, 3.63) is 89.0 Å². The molecule has 0 bridgehead atoms. The van der Waals surface area contributed by atoms with Crippen molar-refractivity contribution in [1.82, 2.24) is 0 Å². The van der Waals surface area contributed by atoms with Gasteiger partial charge in [-0.15, -0.1) is 0 Å². The first kappa shape index (κ1) is 18.1. The number of aryl methyl sites for hydroxylation is 2. The van der Waals surface area contributed by atoms with Crippen LogP contribution in [0.2, 0.25) is 0 Å². The van der Waals surface area contributed by atoms with Crippen LogP contribution in [0.25, 0.3) is 0 Å². The molecule has 4 heteroatoms. The maximum Gasteiger partial charge on any atom is 0.125 e. The molecule has 0 aromatic heterocycles. The molecule has 1 aliphatic rings. The van der Waals surface area contributed by atoms with Gasteiger partial charge in [0.1, 0.15) is 18.1 Å². The van der Waals surface area contributed by atoms with Crippen molar-refractivity contribution in [2.45, 2.75) is 25.9 Å². The molecule has 0 saturated heterocycles. The highest BCUT2D eigenvalue weighted by Crippen LogP contribution is 2.27. The number of ether oxygens (including phenoxy) is 2. The lowest BCUT2D eigenvalue weighted by Gasteiger charge is -2.12. The summed E-state index contributed by atoms with van der Waals surface area (Å²) >= 11 is 0. The van der Waals surface area contributed by atoms with E-state index >= 15 is 0 Å². The standard InChI is InChI=1S/C24H24N2O2/c1-27-24-13-10-18(16-25-26-22-8-3-2-4-9-22)14-21(24)17-28-23-12-11-19-6-5-7-20(19)15-23/h2-4,8-16,26H,5-7,17H2,1H3. The van der Waals surface area contributed by atoms with Crippen LogP contribution in [-0.4, -0.2) is 13.3 Å². The number of para-hydroxylation sites is 1. The summed E-state index contributed by atoms with van der Waals surface area (Å²) in [7, 11) is 1.68. The van der Waals surface area contributed by atoms with Crippen LogP contribution in [0.5, 0.6) is 11.5 Å². The number of nitrogens with one attached hydrogen (secondary N) is 1. The van der Waals surface area contributed by atoms with Gasteiger partial charge in [0.15, 0.2) is 0 Å². The molecular weight excluding hydrogens is 348 g/mol. The summed E-state index contributed by atoms with van der Waals surface area (Å²) in [6.45, 7) is 0.454. The van der Waals surface area contributed by atoms with Crippen molar-refractivity contribution in [3.63, 3.8) is 0 Å². The largest absolute Gasteiger partial charge is 0.496 e. The number of rotatable bonds is 7. The molecule has 0 unspecified atom stereocenters. The van der Waals surface area contributed by atoms with E-state index < -0.39 is 0 Å². The van der Waals surface area contributed by atoms with Gasteiger partial charge < -0.3 is 9.47 Å². The van der Waals surface area contributed by atoms with Crippen LogP contribution in [-0.2, 0) is 19.4 Å². The smallest absolute Gasteiger partial charge is 0.125 e. The van der Waals surface area contributed by atoms with E-state index in [2.05, 4.69) is 28.7 Å². The number of fused-ring (bicyclic) bond motifs is 1. The van der Waals surface area contributed by atoms with Crippen molar-refractivity contribution >= 4 is 11.9 Å². The van der Waals surface area contributed by atoms with Crippen LogP contribution in [0.4, 0.5) is 5.69 Å². The zero-order valence-electron chi connectivity index (χ0n) is 16.0. The summed E-state index contributed by atoms with van der Waals surface area (Å²) in [5.74, 6) is 1.72. The summed E-state index contributed by atoms with van der Waals surface area (Å²) in [6.07, 6.45) is 5.37. The van der Waals surface area contributed by atoms with Gasteiger partial charge in [-0.2, -0.15) is 5.10 Å². The van der Waals surface area contributed by atoms with Gasteiger partial charge in [0.25, 0.3) is 0 Å². The number of methoxy groups -OCH3 is 1. The van der Waals surface area contributed by atoms with Crippen molar-refractivity contribution in [3.8, 4) is 11.5 Å². The summed E-state index contributed by atoms with van der Waals surface area (Å²) in [6, 6.07) is 22.3. The quantitative estimate of drug-likeness (QED) is 0.457. The molecule has 0 radical (unpaired) electrons. The Balaban J connectivity index is 1.44. The minimum absolute atomic E-state index is 0.454. The molecule has 1 N–H and O–H groups in total. The number of anilines is 1. The average Bonchev–Trinajstić information content (AvgIpc) is 3.21. The van der Waals surface area contributed by atoms with E-state index in [1.807, 2.05) is 48.5 Å². The Labute approximate surface area is 165 Å². The fraction of sp³-hybridized carbons (Fsp3) is 0.208. The van der Waals surface area contributed by atoms with Crippen molar-refractivity contribution in [2.24, 2.45) is 5.10 Å². The van der Waals surface area contributed by atoms with Gasteiger partial charge in [-0.05, 0) is 78.4 Å². The lowest BCUT2D eigenvalue weighted by molar-refractivity contribution is 0.296. The topological polar surface area (TPSA) is 42.8 Å². The molecule has 0 fully saturated rings. The molecule has 0 spiro atoms. The first-order chi connectivity index (χ1) is 13.8. The van der Waals surface area contributed by atoms with Crippen LogP contribution in [0.1, 0.15) is 28.7 Å². The van der Waals surface area contributed by atoms with Gasteiger partial charge in [0.2, 0.25) is 0 Å². The molecule has 0 saturated carbocycles. The second-order valence-electron chi connectivity index (χ2n) is 6.88. The highest BCUT2D eigenvalue weighted by Gasteiger charge is 2.12. The first-order valence-corrected chi connectivity index (χ1v) is 9.57. The Morgan fingerprint density at radius 1 is 0.964 bits per heavy atom. The van der Waals surface area contributed by atoms with E-state index in [4.69, 9.17) is 9.47 Å². The third kappa shape index (κ3) is 4.34. The lowest BCUT2D eigenvalue weighted by Crippen LogP contribution is -2.01. The second kappa shape index (κ2) is 8.61. The molecule has 3 aromatic carbocycles. The zero-order chi connectivity index (χ0) is 19.2. The SMILES string of the molecule is COc1ccc(C=NNc2ccccc2)cc1COc1ccc2c(c1)CCC2. The zero-order valence-corrected chi connectivity index (χ0v) is 16.0. The van der Waals surface area contributed by atoms with Crippen LogP contribution < -0.4 is 14.9 Å². The number of benzene rings is 3. The molecule has 28 heavy (non-hydrogen) atoms. The molecule has 0 heterocycles. The molecule has 0 amide bonds. The summed E-state index contributed by atoms with van der Waals surface area (Å²) in [4.78, 5) is 0. The number of hydrogen-bond donors (Lipinski definition) is 1. The van der Waals surface area contributed by atoms with Crippen LogP contribution in [0, 0.1) is 0 Å². The van der Waals surface area contributed by atoms with Crippen molar-refractivity contribution < 1.29 is 9.47 Å². The Bertz CT molecular complexity index is 968. The van der Waals surface area contributed by atoms with Gasteiger partial charge in [-0.25, -0.2) is 0 Å². The van der Waals surface area contributed by atoms with Crippen LogP contribution in [0.15, 0.2) is 71.8 Å². The molecule has 1 aliphatic carbocycles. The van der Waals surface area contributed by atoms with Crippen LogP contribution in [0.3, 0.4) is 0 Å². The molecule has 0 atom stereocenters. The molecular formula is C24H24N2O2. The van der Waals surface area contributed by atoms with E-state index in [-0.39, 0.29) is 0 Å². The van der Waals surface area contributed by atoms with E-state index in [1.165, 1.54) is 24.0 Å². The summed E-state index contributed by atoms with van der Waals surface area (Å²) in [5.41, 5.74) is 8.82. The van der Waals surface area contributed by atoms with Crippen molar-refractivity contribution in [2.75, 3.05) is 12.5 Å². The van der Waals surface area contributed by atoms with Gasteiger partial charge in [-0.1, -0.05) is 24.3 Å². The molecule has 3 aromatic rings. The second-order valence-corrected chi connectivity index (χ2v) is 6.88. The third-order valence-corrected chi connectivity index (χ3v) is 4.95. The predicted octanol–water partition coefficient (Wildman–Crippen LogP) is 5.21. The van der Waals surface area contributed by atoms with E-state index in [0.29, 0.717) is 6.61 Å². The number of nitrogens with zero attached hydrogens (tertiary/aromatic N) is 1. The maximum absolute atomic E-state index is 6.05. The third-order valence-electron chi connectivity index (χ3n) is 4.95. The monoisotopic (exact) mass is 372 g/mol. The van der Waals surface area contributed by atoms with Gasteiger partial charge in [0.05, 0.1) is 19.0 Å². The first-order valence-electron chi connectivity index (χ1n) is 9.57. The average molecular weight is 372 g/mol. The maximum atomic E-state index is 6.05. The highest BCUT2D eigenvalue weighted by atomic mass is 16.5. The molecule has 0 aliphatic heterocycles. The Morgan fingerprint density at radius 3 is 2.68 bits per heavy atom. The molecule has 142 valence electrons. The Kier molecular flexibility index (Phi) is 5.57. The van der Waals surface area contributed by atoms with Crippen molar-refractivity contribution in [1.29, 1.82) is 0 Å². The normalized spacial score (nSPS) is 12.8. The van der Waals surface area contributed by atoms with E-state index in [1.54, 1.807) is 13.3 Å². The highest BCUT2D eigenvalue weighted by molar-refractivity contribution is 5.81. The van der Waals surface area contributed by atoms with E-state index in [0.717, 1.165) is 34.7 Å². The summed E-state index contributed by atoms with van der Waals surface area (Å²) in [5, 5.41) is 4.31. The number of hydrogen-bond acceptors (Lipinski definition) is 4. The minimum atomic E-state index is 0.454. The molecule has 4 rings (SSSR count). The predicted molar refractivity (Wildman–Crippen MR) is 113 cm³/mol. The fourth-order valence-corrected chi connectivity index (χ4v) is 3.48. The van der Waals surface area contributed by atoms with E-state index in [9.17, 15) is 0 Å². The van der Waals surface area contributed by atoms with Gasteiger partial charge >= 0.3 is 0 Å². The summed E-state index contributed by atoms with van der Waals surface area (Å²) < 4.78 is 11.5. The number of hydrazone groups is 1. The Morgan fingerprint density at radius 2 is 1.82 bits per heavy atom. The minimum Gasteiger partial charge on any atom is -0.496 e. The van der Waals surface area contributed by atoms with Gasteiger partial charge in [-0.3, -0.25) is 5.43 Å². The Hall–Kier alpha value is -3.27. The molecule has 4 nitrogen and oxygen atoms in total. The fourth-order valence-electron chi connectivity index (χ4n) is 3.48. The van der Waals surface area contributed by atoms with Gasteiger partial charge in [0, 0.05) is 5.56 Å².